The van der Waals surface area contributed by atoms with Gasteiger partial charge in [0.25, 0.3) is 0 Å². The molecule has 0 atom stereocenters. The highest BCUT2D eigenvalue weighted by Gasteiger charge is 2.24. The minimum atomic E-state index is 0.464. The van der Waals surface area contributed by atoms with E-state index in [4.69, 9.17) is 0 Å². The summed E-state index contributed by atoms with van der Waals surface area (Å²) < 4.78 is 2.31. The highest BCUT2D eigenvalue weighted by molar-refractivity contribution is 5.15. The first-order valence-corrected chi connectivity index (χ1v) is 9.60. The number of likely N-dealkylation sites (tertiary alicyclic amines) is 1. The normalized spacial score (nSPS) is 16.8. The second kappa shape index (κ2) is 8.63. The smallest absolute Gasteiger partial charge is 0.0951 e. The van der Waals surface area contributed by atoms with Crippen LogP contribution in [0.2, 0.25) is 0 Å². The zero-order chi connectivity index (χ0) is 17.6. The van der Waals surface area contributed by atoms with E-state index in [0.717, 1.165) is 19.5 Å². The summed E-state index contributed by atoms with van der Waals surface area (Å²) in [4.78, 5) is 9.54. The van der Waals surface area contributed by atoms with Gasteiger partial charge in [0.2, 0.25) is 0 Å². The van der Waals surface area contributed by atoms with E-state index < -0.39 is 0 Å². The summed E-state index contributed by atoms with van der Waals surface area (Å²) in [7, 11) is 2.23. The molecular weight excluding hydrogens is 308 g/mol. The molecule has 1 fully saturated rings. The third-order valence-electron chi connectivity index (χ3n) is 5.40. The summed E-state index contributed by atoms with van der Waals surface area (Å²) in [6.07, 6.45) is 7.67. The molecule has 1 saturated heterocycles. The summed E-state index contributed by atoms with van der Waals surface area (Å²) in [5.41, 5.74) is 2.76. The van der Waals surface area contributed by atoms with E-state index in [0.29, 0.717) is 12.1 Å². The average Bonchev–Trinajstić information content (AvgIpc) is 3.09. The Morgan fingerprint density at radius 1 is 1.16 bits per heavy atom. The molecule has 2 heterocycles. The molecule has 0 spiro atoms. The molecule has 25 heavy (non-hydrogen) atoms. The Bertz CT molecular complexity index is 626. The van der Waals surface area contributed by atoms with E-state index in [1.807, 2.05) is 12.5 Å². The Morgan fingerprint density at radius 3 is 2.56 bits per heavy atom. The van der Waals surface area contributed by atoms with E-state index in [1.165, 1.54) is 37.2 Å². The maximum atomic E-state index is 4.40. The van der Waals surface area contributed by atoms with E-state index in [2.05, 4.69) is 70.6 Å². The number of piperidine rings is 1. The van der Waals surface area contributed by atoms with Crippen molar-refractivity contribution in [3.63, 3.8) is 0 Å². The first-order valence-electron chi connectivity index (χ1n) is 9.60. The van der Waals surface area contributed by atoms with E-state index in [9.17, 15) is 0 Å². The molecule has 1 aromatic carbocycles. The lowest BCUT2D eigenvalue weighted by molar-refractivity contribution is 0.113. The van der Waals surface area contributed by atoms with Crippen LogP contribution in [0.3, 0.4) is 0 Å². The fraction of sp³-hybridized carbons (Fsp3) is 0.571. The van der Waals surface area contributed by atoms with Crippen molar-refractivity contribution in [1.29, 1.82) is 0 Å². The van der Waals surface area contributed by atoms with Gasteiger partial charge in [-0.05, 0) is 58.8 Å². The van der Waals surface area contributed by atoms with Crippen LogP contribution in [-0.4, -0.2) is 52.1 Å². The lowest BCUT2D eigenvalue weighted by Crippen LogP contribution is -2.44. The van der Waals surface area contributed by atoms with E-state index in [1.54, 1.807) is 0 Å². The van der Waals surface area contributed by atoms with Crippen LogP contribution in [-0.2, 0) is 13.0 Å². The van der Waals surface area contributed by atoms with Crippen molar-refractivity contribution in [2.45, 2.75) is 51.7 Å². The SMILES string of the molecule is CC(C)n1cncc1CN(CCc1ccccc1)C1CCN(C)CC1. The molecular formula is C21H32N4. The first kappa shape index (κ1) is 18.2. The van der Waals surface area contributed by atoms with Crippen molar-refractivity contribution in [2.24, 2.45) is 0 Å². The summed E-state index contributed by atoms with van der Waals surface area (Å²) in [6.45, 7) is 8.98. The van der Waals surface area contributed by atoms with Crippen LogP contribution in [0.4, 0.5) is 0 Å². The van der Waals surface area contributed by atoms with Crippen LogP contribution in [0.1, 0.15) is 44.0 Å². The minimum Gasteiger partial charge on any atom is -0.331 e. The molecule has 0 bridgehead atoms. The van der Waals surface area contributed by atoms with Crippen molar-refractivity contribution in [3.05, 3.63) is 54.1 Å². The van der Waals surface area contributed by atoms with Gasteiger partial charge in [-0.2, -0.15) is 0 Å². The number of hydrogen-bond donors (Lipinski definition) is 0. The molecule has 1 aromatic heterocycles. The lowest BCUT2D eigenvalue weighted by Gasteiger charge is -2.37. The zero-order valence-electron chi connectivity index (χ0n) is 15.9. The maximum Gasteiger partial charge on any atom is 0.0951 e. The number of aromatic nitrogens is 2. The van der Waals surface area contributed by atoms with Crippen molar-refractivity contribution < 1.29 is 0 Å². The number of benzene rings is 1. The molecule has 4 heteroatoms. The van der Waals surface area contributed by atoms with Gasteiger partial charge in [0.15, 0.2) is 0 Å². The molecule has 2 aromatic rings. The second-order valence-corrected chi connectivity index (χ2v) is 7.63. The molecule has 1 aliphatic rings. The van der Waals surface area contributed by atoms with Gasteiger partial charge in [-0.1, -0.05) is 30.3 Å². The second-order valence-electron chi connectivity index (χ2n) is 7.63. The highest BCUT2D eigenvalue weighted by atomic mass is 15.2. The van der Waals surface area contributed by atoms with Crippen LogP contribution in [0.25, 0.3) is 0 Å². The summed E-state index contributed by atoms with van der Waals surface area (Å²) >= 11 is 0. The predicted molar refractivity (Wildman–Crippen MR) is 104 cm³/mol. The Labute approximate surface area is 152 Å². The van der Waals surface area contributed by atoms with Gasteiger partial charge < -0.3 is 9.47 Å². The van der Waals surface area contributed by atoms with Gasteiger partial charge in [-0.15, -0.1) is 0 Å². The van der Waals surface area contributed by atoms with Gasteiger partial charge in [-0.25, -0.2) is 4.98 Å². The first-order chi connectivity index (χ1) is 12.1. The average molecular weight is 341 g/mol. The van der Waals surface area contributed by atoms with Gasteiger partial charge >= 0.3 is 0 Å². The molecule has 4 nitrogen and oxygen atoms in total. The lowest BCUT2D eigenvalue weighted by atomic mass is 10.0. The predicted octanol–water partition coefficient (Wildman–Crippen LogP) is 3.60. The number of imidazole rings is 1. The molecule has 0 saturated carbocycles. The van der Waals surface area contributed by atoms with Crippen LogP contribution < -0.4 is 0 Å². The minimum absolute atomic E-state index is 0.464. The largest absolute Gasteiger partial charge is 0.331 e. The van der Waals surface area contributed by atoms with Gasteiger partial charge in [-0.3, -0.25) is 4.90 Å². The zero-order valence-corrected chi connectivity index (χ0v) is 15.9. The number of rotatable bonds is 7. The van der Waals surface area contributed by atoms with Crippen molar-refractivity contribution in [2.75, 3.05) is 26.7 Å². The third-order valence-corrected chi connectivity index (χ3v) is 5.40. The topological polar surface area (TPSA) is 24.3 Å². The molecule has 0 aliphatic carbocycles. The van der Waals surface area contributed by atoms with Gasteiger partial charge in [0, 0.05) is 31.4 Å². The third kappa shape index (κ3) is 4.93. The van der Waals surface area contributed by atoms with Crippen molar-refractivity contribution in [1.82, 2.24) is 19.4 Å². The van der Waals surface area contributed by atoms with Crippen molar-refractivity contribution in [3.8, 4) is 0 Å². The Hall–Kier alpha value is -1.65. The Kier molecular flexibility index (Phi) is 6.27. The number of hydrogen-bond acceptors (Lipinski definition) is 3. The fourth-order valence-corrected chi connectivity index (χ4v) is 3.80. The Morgan fingerprint density at radius 2 is 1.88 bits per heavy atom. The van der Waals surface area contributed by atoms with Gasteiger partial charge in [0.1, 0.15) is 0 Å². The molecule has 0 N–H and O–H groups in total. The molecule has 3 rings (SSSR count). The van der Waals surface area contributed by atoms with E-state index >= 15 is 0 Å². The van der Waals surface area contributed by atoms with E-state index in [-0.39, 0.29) is 0 Å². The maximum absolute atomic E-state index is 4.40. The van der Waals surface area contributed by atoms with Crippen LogP contribution >= 0.6 is 0 Å². The molecule has 0 amide bonds. The number of nitrogens with zero attached hydrogens (tertiary/aromatic N) is 4. The van der Waals surface area contributed by atoms with Crippen LogP contribution in [0, 0.1) is 0 Å². The molecule has 136 valence electrons. The monoisotopic (exact) mass is 340 g/mol. The summed E-state index contributed by atoms with van der Waals surface area (Å²) in [6, 6.07) is 12.0. The van der Waals surface area contributed by atoms with Gasteiger partial charge in [0.05, 0.1) is 12.0 Å². The van der Waals surface area contributed by atoms with Crippen LogP contribution in [0.15, 0.2) is 42.9 Å². The Balaban J connectivity index is 1.70. The highest BCUT2D eigenvalue weighted by Crippen LogP contribution is 2.20. The fourth-order valence-electron chi connectivity index (χ4n) is 3.80. The summed E-state index contributed by atoms with van der Waals surface area (Å²) in [5.74, 6) is 0. The molecule has 0 radical (unpaired) electrons. The van der Waals surface area contributed by atoms with Crippen LogP contribution in [0.5, 0.6) is 0 Å². The van der Waals surface area contributed by atoms with Crippen molar-refractivity contribution >= 4 is 0 Å². The standard InChI is InChI=1S/C21H32N4/c1-18(2)25-17-22-15-21(25)16-24(20-10-12-23(3)13-11-20)14-9-19-7-5-4-6-8-19/h4-8,15,17-18,20H,9-14,16H2,1-3H3. The summed E-state index contributed by atoms with van der Waals surface area (Å²) in [5, 5.41) is 0. The quantitative estimate of drug-likeness (QED) is 0.770. The molecule has 0 unspecified atom stereocenters. The molecule has 1 aliphatic heterocycles.